The second-order valence-corrected chi connectivity index (χ2v) is 8.82. The third kappa shape index (κ3) is 2.49. The monoisotopic (exact) mass is 360 g/mol. The summed E-state index contributed by atoms with van der Waals surface area (Å²) < 4.78 is 14.4. The molecule has 0 spiro atoms. The van der Waals surface area contributed by atoms with Crippen LogP contribution in [0.2, 0.25) is 0 Å². The molecule has 3 nitrogen and oxygen atoms in total. The third-order valence-corrected chi connectivity index (χ3v) is 7.62. The number of hydrogen-bond acceptors (Lipinski definition) is 3. The molecule has 0 saturated heterocycles. The number of rotatable bonds is 3. The van der Waals surface area contributed by atoms with E-state index in [2.05, 4.69) is 0 Å². The molecule has 4 heteroatoms. The summed E-state index contributed by atoms with van der Waals surface area (Å²) in [5.41, 5.74) is 0. The third-order valence-electron chi connectivity index (χ3n) is 4.55. The van der Waals surface area contributed by atoms with Crippen molar-refractivity contribution in [1.82, 2.24) is 0 Å². The molecule has 0 aliphatic rings. The lowest BCUT2D eigenvalue weighted by molar-refractivity contribution is 0.472. The number of phenols is 2. The van der Waals surface area contributed by atoms with Crippen molar-refractivity contribution < 1.29 is 14.8 Å². The molecule has 0 radical (unpaired) electrons. The summed E-state index contributed by atoms with van der Waals surface area (Å²) in [6.07, 6.45) is 0. The summed E-state index contributed by atoms with van der Waals surface area (Å²) in [6, 6.07) is 26.6. The number of aromatic hydroxyl groups is 2. The van der Waals surface area contributed by atoms with Crippen LogP contribution in [0.4, 0.5) is 0 Å². The highest BCUT2D eigenvalue weighted by molar-refractivity contribution is 7.85. The van der Waals surface area contributed by atoms with Crippen LogP contribution in [0.25, 0.3) is 10.8 Å². The van der Waals surface area contributed by atoms with Gasteiger partial charge in [-0.05, 0) is 6.07 Å². The molecule has 4 aromatic carbocycles. The second-order valence-electron chi connectivity index (χ2n) is 6.09. The minimum atomic E-state index is -3.36. The van der Waals surface area contributed by atoms with E-state index in [1.54, 1.807) is 48.5 Å². The van der Waals surface area contributed by atoms with Crippen molar-refractivity contribution in [3.05, 3.63) is 91.0 Å². The number of benzene rings is 4. The SMILES string of the molecule is O=P(c1ccccc1)(c1ccccc1)c1cc(O)c2ccccc2c1O. The molecule has 26 heavy (non-hydrogen) atoms. The van der Waals surface area contributed by atoms with Crippen molar-refractivity contribution in [3.8, 4) is 11.5 Å². The minimum absolute atomic E-state index is 0.000451. The Morgan fingerprint density at radius 2 is 1.08 bits per heavy atom. The van der Waals surface area contributed by atoms with Crippen molar-refractivity contribution in [2.75, 3.05) is 0 Å². The molecule has 0 atom stereocenters. The Balaban J connectivity index is 2.11. The molecule has 0 amide bonds. The predicted molar refractivity (Wildman–Crippen MR) is 107 cm³/mol. The summed E-state index contributed by atoms with van der Waals surface area (Å²) in [4.78, 5) is 0. The van der Waals surface area contributed by atoms with E-state index < -0.39 is 7.14 Å². The molecule has 0 unspecified atom stereocenters. The average molecular weight is 360 g/mol. The van der Waals surface area contributed by atoms with Crippen LogP contribution in [0.3, 0.4) is 0 Å². The normalized spacial score (nSPS) is 11.5. The highest BCUT2D eigenvalue weighted by Crippen LogP contribution is 2.47. The maximum Gasteiger partial charge on any atom is 0.174 e. The zero-order chi connectivity index (χ0) is 18.1. The van der Waals surface area contributed by atoms with Gasteiger partial charge in [-0.2, -0.15) is 0 Å². The molecule has 128 valence electrons. The molecule has 0 heterocycles. The largest absolute Gasteiger partial charge is 0.507 e. The van der Waals surface area contributed by atoms with Crippen molar-refractivity contribution >= 4 is 33.8 Å². The van der Waals surface area contributed by atoms with Gasteiger partial charge in [0.05, 0.1) is 5.30 Å². The smallest absolute Gasteiger partial charge is 0.174 e. The van der Waals surface area contributed by atoms with Gasteiger partial charge in [0.2, 0.25) is 0 Å². The van der Waals surface area contributed by atoms with E-state index in [1.165, 1.54) is 6.07 Å². The van der Waals surface area contributed by atoms with Crippen LogP contribution in [0.5, 0.6) is 11.5 Å². The fourth-order valence-electron chi connectivity index (χ4n) is 3.27. The molecular formula is C22H17O3P. The van der Waals surface area contributed by atoms with E-state index in [1.807, 2.05) is 36.4 Å². The Labute approximate surface area is 151 Å². The highest BCUT2D eigenvalue weighted by Gasteiger charge is 2.33. The molecule has 0 saturated carbocycles. The first-order chi connectivity index (χ1) is 12.6. The van der Waals surface area contributed by atoms with Crippen LogP contribution >= 0.6 is 7.14 Å². The zero-order valence-electron chi connectivity index (χ0n) is 13.9. The fraction of sp³-hybridized carbons (Fsp3) is 0. The summed E-state index contributed by atoms with van der Waals surface area (Å²) in [5, 5.41) is 23.9. The summed E-state index contributed by atoms with van der Waals surface area (Å²) in [6.45, 7) is 0. The van der Waals surface area contributed by atoms with Crippen LogP contribution in [0, 0.1) is 0 Å². The Hall–Kier alpha value is -3.03. The Kier molecular flexibility index (Phi) is 4.02. The maximum absolute atomic E-state index is 14.4. The van der Waals surface area contributed by atoms with Gasteiger partial charge in [0.25, 0.3) is 0 Å². The van der Waals surface area contributed by atoms with Crippen LogP contribution in [-0.4, -0.2) is 10.2 Å². The van der Waals surface area contributed by atoms with E-state index in [9.17, 15) is 14.8 Å². The van der Waals surface area contributed by atoms with E-state index >= 15 is 0 Å². The molecule has 0 aliphatic carbocycles. The maximum atomic E-state index is 14.4. The van der Waals surface area contributed by atoms with Gasteiger partial charge in [-0.15, -0.1) is 0 Å². The van der Waals surface area contributed by atoms with Gasteiger partial charge in [-0.25, -0.2) is 0 Å². The lowest BCUT2D eigenvalue weighted by Crippen LogP contribution is -2.25. The van der Waals surface area contributed by atoms with Crippen molar-refractivity contribution in [2.24, 2.45) is 0 Å². The topological polar surface area (TPSA) is 57.5 Å². The first-order valence-corrected chi connectivity index (χ1v) is 9.98. The molecule has 4 aromatic rings. The fourth-order valence-corrected chi connectivity index (χ4v) is 6.03. The van der Waals surface area contributed by atoms with Crippen LogP contribution in [-0.2, 0) is 4.57 Å². The predicted octanol–water partition coefficient (Wildman–Crippen LogP) is 3.89. The number of phenolic OH excluding ortho intramolecular Hbond substituents is 2. The average Bonchev–Trinajstić information content (AvgIpc) is 2.71. The Morgan fingerprint density at radius 3 is 1.62 bits per heavy atom. The van der Waals surface area contributed by atoms with Gasteiger partial charge < -0.3 is 14.8 Å². The molecule has 2 N–H and O–H groups in total. The van der Waals surface area contributed by atoms with E-state index in [-0.39, 0.29) is 16.8 Å². The van der Waals surface area contributed by atoms with Gasteiger partial charge in [0.15, 0.2) is 7.14 Å². The summed E-state index contributed by atoms with van der Waals surface area (Å²) in [7, 11) is -3.36. The molecule has 0 fully saturated rings. The minimum Gasteiger partial charge on any atom is -0.507 e. The molecular weight excluding hydrogens is 343 g/mol. The van der Waals surface area contributed by atoms with Gasteiger partial charge in [0, 0.05) is 21.4 Å². The highest BCUT2D eigenvalue weighted by atomic mass is 31.2. The lowest BCUT2D eigenvalue weighted by atomic mass is 10.1. The molecule has 0 bridgehead atoms. The first-order valence-electron chi connectivity index (χ1n) is 8.28. The van der Waals surface area contributed by atoms with Gasteiger partial charge >= 0.3 is 0 Å². The first kappa shape index (κ1) is 16.4. The van der Waals surface area contributed by atoms with Gasteiger partial charge in [-0.1, -0.05) is 84.9 Å². The Bertz CT molecular complexity index is 1080. The van der Waals surface area contributed by atoms with Crippen molar-refractivity contribution in [1.29, 1.82) is 0 Å². The number of hydrogen-bond donors (Lipinski definition) is 2. The van der Waals surface area contributed by atoms with E-state index in [0.29, 0.717) is 21.4 Å². The zero-order valence-corrected chi connectivity index (χ0v) is 14.8. The van der Waals surface area contributed by atoms with Crippen molar-refractivity contribution in [3.63, 3.8) is 0 Å². The number of fused-ring (bicyclic) bond motifs is 1. The molecule has 4 rings (SSSR count). The quantitative estimate of drug-likeness (QED) is 0.430. The lowest BCUT2D eigenvalue weighted by Gasteiger charge is -2.22. The molecule has 0 aliphatic heterocycles. The van der Waals surface area contributed by atoms with Crippen LogP contribution in [0.1, 0.15) is 0 Å². The molecule has 0 aromatic heterocycles. The second kappa shape index (κ2) is 6.36. The Morgan fingerprint density at radius 1 is 0.615 bits per heavy atom. The van der Waals surface area contributed by atoms with E-state index in [4.69, 9.17) is 0 Å². The summed E-state index contributed by atoms with van der Waals surface area (Å²) >= 11 is 0. The standard InChI is InChI=1S/C22H17O3P/c23-20-15-21(22(24)19-14-8-7-13-18(19)20)26(25,16-9-3-1-4-10-16)17-11-5-2-6-12-17/h1-15,23-24H. The van der Waals surface area contributed by atoms with Crippen molar-refractivity contribution in [2.45, 2.75) is 0 Å². The van der Waals surface area contributed by atoms with Gasteiger partial charge in [-0.3, -0.25) is 0 Å². The van der Waals surface area contributed by atoms with Crippen LogP contribution < -0.4 is 15.9 Å². The van der Waals surface area contributed by atoms with Crippen LogP contribution in [0.15, 0.2) is 91.0 Å². The van der Waals surface area contributed by atoms with Gasteiger partial charge in [0.1, 0.15) is 11.5 Å². The van der Waals surface area contributed by atoms with E-state index in [0.717, 1.165) is 0 Å². The summed E-state index contributed by atoms with van der Waals surface area (Å²) in [5.74, 6) is -0.0603.